The van der Waals surface area contributed by atoms with Crippen LogP contribution < -0.4 is 10.1 Å². The van der Waals surface area contributed by atoms with E-state index in [0.29, 0.717) is 17.9 Å². The molecule has 24 heavy (non-hydrogen) atoms. The molecule has 2 rings (SSSR count). The van der Waals surface area contributed by atoms with Crippen molar-refractivity contribution in [3.63, 3.8) is 0 Å². The molecule has 0 saturated heterocycles. The Kier molecular flexibility index (Phi) is 7.15. The highest BCUT2D eigenvalue weighted by Crippen LogP contribution is 2.18. The first kappa shape index (κ1) is 17.9. The van der Waals surface area contributed by atoms with Gasteiger partial charge in [-0.15, -0.1) is 0 Å². The van der Waals surface area contributed by atoms with Gasteiger partial charge >= 0.3 is 0 Å². The molecule has 0 aliphatic rings. The maximum atomic E-state index is 12.2. The van der Waals surface area contributed by atoms with Gasteiger partial charge in [-0.3, -0.25) is 4.79 Å². The predicted molar refractivity (Wildman–Crippen MR) is 96.8 cm³/mol. The first-order chi connectivity index (χ1) is 11.7. The molecule has 0 atom stereocenters. The van der Waals surface area contributed by atoms with E-state index in [1.54, 1.807) is 30.3 Å². The summed E-state index contributed by atoms with van der Waals surface area (Å²) in [6.07, 6.45) is 6.03. The number of aromatic hydroxyl groups is 1. The average molecular weight is 327 g/mol. The largest absolute Gasteiger partial charge is 0.508 e. The van der Waals surface area contributed by atoms with Crippen molar-refractivity contribution in [3.8, 4) is 11.5 Å². The third-order valence-electron chi connectivity index (χ3n) is 3.74. The third kappa shape index (κ3) is 5.95. The quantitative estimate of drug-likeness (QED) is 0.638. The second-order valence-corrected chi connectivity index (χ2v) is 5.79. The van der Waals surface area contributed by atoms with Gasteiger partial charge in [0.25, 0.3) is 5.91 Å². The summed E-state index contributed by atoms with van der Waals surface area (Å²) in [5, 5.41) is 12.2. The van der Waals surface area contributed by atoms with Gasteiger partial charge in [-0.2, -0.15) is 0 Å². The molecule has 0 radical (unpaired) electrons. The van der Waals surface area contributed by atoms with E-state index in [1.165, 1.54) is 31.7 Å². The molecule has 0 spiro atoms. The second kappa shape index (κ2) is 9.60. The van der Waals surface area contributed by atoms with Crippen LogP contribution >= 0.6 is 0 Å². The van der Waals surface area contributed by atoms with Crippen molar-refractivity contribution in [2.75, 3.05) is 11.9 Å². The molecule has 0 aliphatic heterocycles. The van der Waals surface area contributed by atoms with Crippen LogP contribution in [0.2, 0.25) is 0 Å². The monoisotopic (exact) mass is 327 g/mol. The van der Waals surface area contributed by atoms with Crippen molar-refractivity contribution in [2.24, 2.45) is 0 Å². The maximum absolute atomic E-state index is 12.2. The first-order valence-corrected chi connectivity index (χ1v) is 8.52. The van der Waals surface area contributed by atoms with Crippen molar-refractivity contribution in [3.05, 3.63) is 54.1 Å². The zero-order valence-corrected chi connectivity index (χ0v) is 14.1. The minimum absolute atomic E-state index is 0.121. The summed E-state index contributed by atoms with van der Waals surface area (Å²) in [6, 6.07) is 13.6. The molecule has 0 aliphatic carbocycles. The van der Waals surface area contributed by atoms with Crippen molar-refractivity contribution >= 4 is 11.6 Å². The van der Waals surface area contributed by atoms with Gasteiger partial charge in [-0.1, -0.05) is 38.7 Å². The van der Waals surface area contributed by atoms with Gasteiger partial charge in [0.05, 0.1) is 6.61 Å². The molecule has 2 aromatic carbocycles. The summed E-state index contributed by atoms with van der Waals surface area (Å²) < 4.78 is 5.69. The number of ether oxygens (including phenoxy) is 1. The number of anilines is 1. The number of amides is 1. The highest BCUT2D eigenvalue weighted by molar-refractivity contribution is 6.04. The maximum Gasteiger partial charge on any atom is 0.255 e. The Morgan fingerprint density at radius 3 is 2.50 bits per heavy atom. The molecule has 4 nitrogen and oxygen atoms in total. The molecule has 0 aromatic heterocycles. The van der Waals surface area contributed by atoms with Crippen LogP contribution in [-0.4, -0.2) is 17.6 Å². The fraction of sp³-hybridized carbons (Fsp3) is 0.350. The van der Waals surface area contributed by atoms with E-state index >= 15 is 0 Å². The molecule has 0 fully saturated rings. The molecule has 0 unspecified atom stereocenters. The van der Waals surface area contributed by atoms with Crippen LogP contribution in [0.25, 0.3) is 0 Å². The van der Waals surface area contributed by atoms with E-state index in [1.807, 2.05) is 12.1 Å². The lowest BCUT2D eigenvalue weighted by Crippen LogP contribution is -2.11. The second-order valence-electron chi connectivity index (χ2n) is 5.79. The summed E-state index contributed by atoms with van der Waals surface area (Å²) >= 11 is 0. The van der Waals surface area contributed by atoms with Crippen LogP contribution in [0.5, 0.6) is 11.5 Å². The van der Waals surface area contributed by atoms with Gasteiger partial charge in [0.2, 0.25) is 0 Å². The van der Waals surface area contributed by atoms with Gasteiger partial charge in [0, 0.05) is 17.3 Å². The van der Waals surface area contributed by atoms with E-state index in [4.69, 9.17) is 4.74 Å². The normalized spacial score (nSPS) is 10.4. The molecule has 0 heterocycles. The number of carbonyl (C=O) groups excluding carboxylic acids is 1. The lowest BCUT2D eigenvalue weighted by Gasteiger charge is -2.08. The van der Waals surface area contributed by atoms with Crippen LogP contribution in [0.1, 0.15) is 49.4 Å². The van der Waals surface area contributed by atoms with Crippen LogP contribution in [0.3, 0.4) is 0 Å². The number of nitrogens with one attached hydrogen (secondary N) is 1. The number of hydrogen-bond acceptors (Lipinski definition) is 3. The van der Waals surface area contributed by atoms with Gasteiger partial charge in [0.1, 0.15) is 11.5 Å². The van der Waals surface area contributed by atoms with Gasteiger partial charge in [0.15, 0.2) is 0 Å². The molecule has 2 N–H and O–H groups in total. The zero-order valence-electron chi connectivity index (χ0n) is 14.1. The van der Waals surface area contributed by atoms with E-state index in [-0.39, 0.29) is 11.7 Å². The van der Waals surface area contributed by atoms with Crippen LogP contribution in [0, 0.1) is 0 Å². The van der Waals surface area contributed by atoms with Crippen molar-refractivity contribution in [2.45, 2.75) is 39.0 Å². The predicted octanol–water partition coefficient (Wildman–Crippen LogP) is 4.99. The Labute approximate surface area is 143 Å². The summed E-state index contributed by atoms with van der Waals surface area (Å²) in [6.45, 7) is 2.91. The smallest absolute Gasteiger partial charge is 0.255 e. The van der Waals surface area contributed by atoms with Gasteiger partial charge in [-0.25, -0.2) is 0 Å². The molecule has 0 bridgehead atoms. The number of hydrogen-bond donors (Lipinski definition) is 2. The SMILES string of the molecule is CCCCCCCOc1ccc(C(=O)Nc2cccc(O)c2)cc1. The Bertz CT molecular complexity index is 638. The molecule has 4 heteroatoms. The van der Waals surface area contributed by atoms with Crippen LogP contribution in [-0.2, 0) is 0 Å². The molecule has 2 aromatic rings. The van der Waals surface area contributed by atoms with Crippen molar-refractivity contribution in [1.29, 1.82) is 0 Å². The zero-order chi connectivity index (χ0) is 17.2. The van der Waals surface area contributed by atoms with Gasteiger partial charge < -0.3 is 15.2 Å². The number of unbranched alkanes of at least 4 members (excludes halogenated alkanes) is 4. The standard InChI is InChI=1S/C20H25NO3/c1-2-3-4-5-6-14-24-19-12-10-16(11-13-19)20(23)21-17-8-7-9-18(22)15-17/h7-13,15,22H,2-6,14H2,1H3,(H,21,23). The summed E-state index contributed by atoms with van der Waals surface area (Å²) in [7, 11) is 0. The Morgan fingerprint density at radius 1 is 1.04 bits per heavy atom. The third-order valence-corrected chi connectivity index (χ3v) is 3.74. The molecule has 1 amide bonds. The molecular formula is C20H25NO3. The summed E-state index contributed by atoms with van der Waals surface area (Å²) in [5.74, 6) is 0.682. The molecule has 0 saturated carbocycles. The number of rotatable bonds is 9. The van der Waals surface area contributed by atoms with E-state index < -0.39 is 0 Å². The van der Waals surface area contributed by atoms with Crippen molar-refractivity contribution < 1.29 is 14.6 Å². The summed E-state index contributed by atoms with van der Waals surface area (Å²) in [4.78, 5) is 12.2. The van der Waals surface area contributed by atoms with E-state index in [0.717, 1.165) is 12.2 Å². The fourth-order valence-corrected chi connectivity index (χ4v) is 2.39. The van der Waals surface area contributed by atoms with Crippen LogP contribution in [0.15, 0.2) is 48.5 Å². The number of carbonyl (C=O) groups is 1. The lowest BCUT2D eigenvalue weighted by molar-refractivity contribution is 0.102. The highest BCUT2D eigenvalue weighted by atomic mass is 16.5. The summed E-state index contributed by atoms with van der Waals surface area (Å²) in [5.41, 5.74) is 1.11. The molecule has 128 valence electrons. The topological polar surface area (TPSA) is 58.6 Å². The number of phenolic OH excluding ortho intramolecular Hbond substituents is 1. The van der Waals surface area contributed by atoms with Gasteiger partial charge in [-0.05, 0) is 42.8 Å². The average Bonchev–Trinajstić information content (AvgIpc) is 2.58. The first-order valence-electron chi connectivity index (χ1n) is 8.52. The van der Waals surface area contributed by atoms with Crippen LogP contribution in [0.4, 0.5) is 5.69 Å². The molecular weight excluding hydrogens is 302 g/mol. The van der Waals surface area contributed by atoms with Crippen molar-refractivity contribution in [1.82, 2.24) is 0 Å². The Morgan fingerprint density at radius 2 is 1.79 bits per heavy atom. The fourth-order valence-electron chi connectivity index (χ4n) is 2.39. The Balaban J connectivity index is 1.79. The minimum Gasteiger partial charge on any atom is -0.508 e. The van der Waals surface area contributed by atoms with E-state index in [9.17, 15) is 9.90 Å². The highest BCUT2D eigenvalue weighted by Gasteiger charge is 2.06. The minimum atomic E-state index is -0.216. The number of phenols is 1. The van der Waals surface area contributed by atoms with E-state index in [2.05, 4.69) is 12.2 Å². The number of benzene rings is 2. The Hall–Kier alpha value is -2.49. The lowest BCUT2D eigenvalue weighted by atomic mass is 10.1.